The van der Waals surface area contributed by atoms with Crippen molar-refractivity contribution in [3.8, 4) is 0 Å². The van der Waals surface area contributed by atoms with E-state index >= 15 is 0 Å². The maximum absolute atomic E-state index is 14.8. The molecule has 3 heterocycles. The summed E-state index contributed by atoms with van der Waals surface area (Å²) in [5, 5.41) is 0. The molecule has 9 aromatic rings. The first kappa shape index (κ1) is 43.3. The highest BCUT2D eigenvalue weighted by molar-refractivity contribution is 5.84. The summed E-state index contributed by atoms with van der Waals surface area (Å²) in [6.45, 7) is 0.486. The Morgan fingerprint density at radius 1 is 0.529 bits per heavy atom. The molecule has 0 radical (unpaired) electrons. The van der Waals surface area contributed by atoms with Crippen LogP contribution in [0.2, 0.25) is 0 Å². The second-order valence-corrected chi connectivity index (χ2v) is 16.8. The van der Waals surface area contributed by atoms with Gasteiger partial charge in [0, 0.05) is 13.1 Å². The van der Waals surface area contributed by atoms with E-state index in [1.165, 1.54) is 4.90 Å². The Bertz CT molecular complexity index is 2890. The molecular formula is C59H50N6O3. The smallest absolute Gasteiger partial charge is 0.410 e. The van der Waals surface area contributed by atoms with E-state index in [1.54, 1.807) is 0 Å². The molecule has 1 fully saturated rings. The van der Waals surface area contributed by atoms with Crippen LogP contribution in [0.1, 0.15) is 56.4 Å². The van der Waals surface area contributed by atoms with E-state index in [0.29, 0.717) is 0 Å². The molecule has 0 spiro atoms. The third-order valence-electron chi connectivity index (χ3n) is 13.0. The second-order valence-electron chi connectivity index (χ2n) is 16.8. The average Bonchev–Trinajstić information content (AvgIpc) is 4.10. The zero-order valence-corrected chi connectivity index (χ0v) is 37.5. The monoisotopic (exact) mass is 890 g/mol. The topological polar surface area (TPSA) is 85.5 Å². The number of benzene rings is 7. The van der Waals surface area contributed by atoms with Crippen LogP contribution < -0.4 is 0 Å². The number of amides is 2. The summed E-state index contributed by atoms with van der Waals surface area (Å²) in [5.41, 5.74) is 6.95. The van der Waals surface area contributed by atoms with E-state index in [1.807, 2.05) is 96.7 Å². The molecule has 2 aromatic heterocycles. The van der Waals surface area contributed by atoms with Crippen LogP contribution in [0, 0.1) is 0 Å². The molecule has 0 bridgehead atoms. The Labute approximate surface area is 396 Å². The van der Waals surface area contributed by atoms with Crippen LogP contribution in [-0.2, 0) is 27.2 Å². The van der Waals surface area contributed by atoms with E-state index in [4.69, 9.17) is 14.7 Å². The Morgan fingerprint density at radius 2 is 0.926 bits per heavy atom. The van der Waals surface area contributed by atoms with Crippen molar-refractivity contribution >= 4 is 18.1 Å². The number of ether oxygens (including phenoxy) is 1. The van der Waals surface area contributed by atoms with Gasteiger partial charge in [-0.25, -0.2) is 14.8 Å². The lowest BCUT2D eigenvalue weighted by molar-refractivity contribution is -0.137. The van der Waals surface area contributed by atoms with Crippen molar-refractivity contribution in [1.29, 1.82) is 0 Å². The summed E-state index contributed by atoms with van der Waals surface area (Å²) in [7, 11) is 0. The third kappa shape index (κ3) is 8.08. The van der Waals surface area contributed by atoms with Crippen LogP contribution in [-0.4, -0.2) is 60.5 Å². The molecule has 1 atom stereocenters. The van der Waals surface area contributed by atoms with E-state index in [0.717, 1.165) is 50.3 Å². The number of rotatable bonds is 14. The molecule has 1 aliphatic rings. The lowest BCUT2D eigenvalue weighted by Gasteiger charge is -2.42. The molecule has 68 heavy (non-hydrogen) atoms. The van der Waals surface area contributed by atoms with Crippen molar-refractivity contribution in [2.45, 2.75) is 23.7 Å². The summed E-state index contributed by atoms with van der Waals surface area (Å²) < 4.78 is 10.2. The summed E-state index contributed by atoms with van der Waals surface area (Å²) in [6.07, 6.45) is 11.1. The van der Waals surface area contributed by atoms with Gasteiger partial charge in [0.15, 0.2) is 0 Å². The average molecular weight is 891 g/mol. The number of carbonyl (C=O) groups is 2. The van der Waals surface area contributed by atoms with Crippen molar-refractivity contribution in [3.63, 3.8) is 0 Å². The SMILES string of the molecule is O=C(OCc1ccccc1)N1CCN(C(C=Cc2cncn2C(c2ccccc2)(c2ccccc2)c2ccccc2)c2cncn2C(c2ccccc2)(c2ccccc2)c2ccccc2)C(=O)C1. The molecule has 0 aliphatic carbocycles. The zero-order valence-electron chi connectivity index (χ0n) is 37.5. The quantitative estimate of drug-likeness (QED) is 0.102. The van der Waals surface area contributed by atoms with E-state index in [2.05, 4.69) is 167 Å². The minimum absolute atomic E-state index is 0.114. The Morgan fingerprint density at radius 3 is 1.37 bits per heavy atom. The lowest BCUT2D eigenvalue weighted by atomic mass is 9.76. The summed E-state index contributed by atoms with van der Waals surface area (Å²) in [5.74, 6) is -0.222. The number of piperazine rings is 1. The van der Waals surface area contributed by atoms with Crippen molar-refractivity contribution < 1.29 is 14.3 Å². The largest absolute Gasteiger partial charge is 0.445 e. The van der Waals surface area contributed by atoms with Crippen molar-refractivity contribution in [2.75, 3.05) is 19.6 Å². The van der Waals surface area contributed by atoms with E-state index in [9.17, 15) is 9.59 Å². The number of imidazole rings is 2. The standard InChI is InChI=1S/C59H50N6O3/c66-56-42-62(57(67)68-43-46-22-8-1-9-23-46)38-39-63(56)54(55-41-61-45-65(55)59(50-30-16-5-17-31-50,51-32-18-6-19-33-51)52-34-20-7-21-35-52)37-36-53-40-60-44-64(53)58(47-24-10-2-11-25-47,48-26-12-3-13-27-48)49-28-14-4-15-29-49/h1-37,40-41,44-45,54H,38-39,42-43H2. The number of aromatic nitrogens is 4. The Hall–Kier alpha value is -8.56. The van der Waals surface area contributed by atoms with Gasteiger partial charge in [-0.2, -0.15) is 0 Å². The Balaban J connectivity index is 1.13. The highest BCUT2D eigenvalue weighted by Gasteiger charge is 2.43. The molecule has 9 heteroatoms. The summed E-state index contributed by atoms with van der Waals surface area (Å²) in [4.78, 5) is 41.5. The zero-order chi connectivity index (χ0) is 46.2. The van der Waals surface area contributed by atoms with E-state index < -0.39 is 23.2 Å². The number of nitrogens with zero attached hydrogens (tertiary/aromatic N) is 6. The minimum Gasteiger partial charge on any atom is -0.445 e. The van der Waals surface area contributed by atoms with Crippen molar-refractivity contribution in [1.82, 2.24) is 28.9 Å². The first-order valence-electron chi connectivity index (χ1n) is 22.9. The predicted molar refractivity (Wildman–Crippen MR) is 265 cm³/mol. The van der Waals surface area contributed by atoms with Gasteiger partial charge in [-0.05, 0) is 45.0 Å². The van der Waals surface area contributed by atoms with Crippen LogP contribution in [0.5, 0.6) is 0 Å². The number of carbonyl (C=O) groups excluding carboxylic acids is 2. The van der Waals surface area contributed by atoms with Gasteiger partial charge in [-0.3, -0.25) is 9.69 Å². The fraction of sp³-hybridized carbons (Fsp3) is 0.119. The summed E-state index contributed by atoms with van der Waals surface area (Å²) >= 11 is 0. The fourth-order valence-electron chi connectivity index (χ4n) is 9.92. The highest BCUT2D eigenvalue weighted by Crippen LogP contribution is 2.45. The van der Waals surface area contributed by atoms with Crippen molar-refractivity contribution in [2.24, 2.45) is 0 Å². The molecule has 1 saturated heterocycles. The molecule has 10 rings (SSSR count). The van der Waals surface area contributed by atoms with Crippen LogP contribution in [0.25, 0.3) is 6.08 Å². The second kappa shape index (κ2) is 19.5. The van der Waals surface area contributed by atoms with Gasteiger partial charge in [0.1, 0.15) is 24.2 Å². The molecule has 334 valence electrons. The van der Waals surface area contributed by atoms with E-state index in [-0.39, 0.29) is 32.1 Å². The van der Waals surface area contributed by atoms with Crippen LogP contribution in [0.4, 0.5) is 4.79 Å². The van der Waals surface area contributed by atoms with Gasteiger partial charge in [0.05, 0.1) is 42.5 Å². The van der Waals surface area contributed by atoms with Gasteiger partial charge >= 0.3 is 6.09 Å². The minimum atomic E-state index is -0.918. The fourth-order valence-corrected chi connectivity index (χ4v) is 9.92. The summed E-state index contributed by atoms with van der Waals surface area (Å²) in [6, 6.07) is 71.7. The molecule has 0 saturated carbocycles. The van der Waals surface area contributed by atoms with Crippen LogP contribution in [0.15, 0.2) is 243 Å². The first-order valence-corrected chi connectivity index (χ1v) is 22.9. The number of hydrogen-bond donors (Lipinski definition) is 0. The molecule has 1 aliphatic heterocycles. The maximum Gasteiger partial charge on any atom is 0.410 e. The third-order valence-corrected chi connectivity index (χ3v) is 13.0. The van der Waals surface area contributed by atoms with Crippen LogP contribution >= 0.6 is 0 Å². The van der Waals surface area contributed by atoms with Crippen LogP contribution in [0.3, 0.4) is 0 Å². The molecule has 0 N–H and O–H groups in total. The van der Waals surface area contributed by atoms with Gasteiger partial charge in [0.25, 0.3) is 0 Å². The van der Waals surface area contributed by atoms with Gasteiger partial charge < -0.3 is 18.8 Å². The normalized spacial score (nSPS) is 13.7. The molecule has 1 unspecified atom stereocenters. The molecular weight excluding hydrogens is 841 g/mol. The van der Waals surface area contributed by atoms with Gasteiger partial charge in [0.2, 0.25) is 5.91 Å². The molecule has 7 aromatic carbocycles. The first-order chi connectivity index (χ1) is 33.6. The lowest BCUT2D eigenvalue weighted by Crippen LogP contribution is -2.53. The number of hydrogen-bond acceptors (Lipinski definition) is 5. The maximum atomic E-state index is 14.8. The molecule has 9 nitrogen and oxygen atoms in total. The predicted octanol–water partition coefficient (Wildman–Crippen LogP) is 11.0. The van der Waals surface area contributed by atoms with Gasteiger partial charge in [-0.15, -0.1) is 0 Å². The van der Waals surface area contributed by atoms with Crippen molar-refractivity contribution in [3.05, 3.63) is 294 Å². The highest BCUT2D eigenvalue weighted by atomic mass is 16.6. The Kier molecular flexibility index (Phi) is 12.4. The van der Waals surface area contributed by atoms with Gasteiger partial charge in [-0.1, -0.05) is 218 Å². The molecule has 2 amide bonds.